The predicted octanol–water partition coefficient (Wildman–Crippen LogP) is 1.91. The Balaban J connectivity index is 1.90. The maximum atomic E-state index is 8.85. The van der Waals surface area contributed by atoms with Crippen molar-refractivity contribution in [3.63, 3.8) is 0 Å². The van der Waals surface area contributed by atoms with Crippen LogP contribution in [0.25, 0.3) is 0 Å². The van der Waals surface area contributed by atoms with Gasteiger partial charge in [-0.3, -0.25) is 4.98 Å². The fourth-order valence-corrected chi connectivity index (χ4v) is 2.25. The molecule has 4 heteroatoms. The Hall–Kier alpha value is -2.41. The number of hydrogen-bond donors (Lipinski definition) is 0. The van der Waals surface area contributed by atoms with Crippen LogP contribution in [0.5, 0.6) is 0 Å². The van der Waals surface area contributed by atoms with Crippen LogP contribution in [-0.4, -0.2) is 16.5 Å². The minimum absolute atomic E-state index is 0.367. The van der Waals surface area contributed by atoms with Crippen molar-refractivity contribution in [2.24, 2.45) is 0 Å². The van der Waals surface area contributed by atoms with E-state index in [1.165, 1.54) is 17.3 Å². The minimum Gasteiger partial charge on any atom is -0.351 e. The van der Waals surface area contributed by atoms with Crippen LogP contribution in [-0.2, 0) is 13.0 Å². The van der Waals surface area contributed by atoms with Crippen molar-refractivity contribution in [2.45, 2.75) is 13.0 Å². The molecule has 0 fully saturated rings. The molecule has 0 N–H and O–H groups in total. The van der Waals surface area contributed by atoms with Crippen LogP contribution in [0.4, 0.5) is 5.82 Å². The van der Waals surface area contributed by atoms with Crippen LogP contribution in [0.15, 0.2) is 36.7 Å². The molecule has 2 heterocycles. The third kappa shape index (κ3) is 1.91. The van der Waals surface area contributed by atoms with E-state index in [1.807, 2.05) is 6.07 Å². The summed E-state index contributed by atoms with van der Waals surface area (Å²) in [6.07, 6.45) is 4.21. The van der Waals surface area contributed by atoms with Crippen molar-refractivity contribution in [1.82, 2.24) is 9.97 Å². The number of rotatable bonds is 1. The third-order valence-corrected chi connectivity index (χ3v) is 3.19. The molecular weight excluding hydrogens is 224 g/mol. The highest BCUT2D eigenvalue weighted by Gasteiger charge is 2.17. The second kappa shape index (κ2) is 4.46. The lowest BCUT2D eigenvalue weighted by Crippen LogP contribution is -2.31. The molecule has 3 rings (SSSR count). The number of nitrogens with zero attached hydrogens (tertiary/aromatic N) is 4. The van der Waals surface area contributed by atoms with Gasteiger partial charge in [0.2, 0.25) is 0 Å². The van der Waals surface area contributed by atoms with Crippen LogP contribution in [0, 0.1) is 11.3 Å². The van der Waals surface area contributed by atoms with Crippen LogP contribution < -0.4 is 4.90 Å². The van der Waals surface area contributed by atoms with Gasteiger partial charge in [-0.2, -0.15) is 5.26 Å². The number of anilines is 1. The Morgan fingerprint density at radius 3 is 2.83 bits per heavy atom. The first-order chi connectivity index (χ1) is 8.86. The average molecular weight is 236 g/mol. The predicted molar refractivity (Wildman–Crippen MR) is 67.9 cm³/mol. The number of hydrogen-bond acceptors (Lipinski definition) is 4. The van der Waals surface area contributed by atoms with Gasteiger partial charge in [0.15, 0.2) is 5.69 Å². The van der Waals surface area contributed by atoms with Crippen molar-refractivity contribution in [1.29, 1.82) is 5.26 Å². The highest BCUT2D eigenvalue weighted by molar-refractivity contribution is 5.43. The largest absolute Gasteiger partial charge is 0.351 e. The maximum absolute atomic E-state index is 8.85. The van der Waals surface area contributed by atoms with Crippen molar-refractivity contribution in [3.05, 3.63) is 53.5 Å². The Labute approximate surface area is 106 Å². The normalized spacial score (nSPS) is 13.8. The smallest absolute Gasteiger partial charge is 0.161 e. The molecule has 0 amide bonds. The third-order valence-electron chi connectivity index (χ3n) is 3.19. The molecule has 0 saturated carbocycles. The van der Waals surface area contributed by atoms with E-state index in [0.29, 0.717) is 5.69 Å². The van der Waals surface area contributed by atoms with Crippen LogP contribution in [0.3, 0.4) is 0 Å². The minimum atomic E-state index is 0.367. The zero-order valence-corrected chi connectivity index (χ0v) is 9.87. The lowest BCUT2D eigenvalue weighted by molar-refractivity contribution is 0.718. The Morgan fingerprint density at radius 1 is 1.17 bits per heavy atom. The van der Waals surface area contributed by atoms with E-state index in [1.54, 1.807) is 6.20 Å². The highest BCUT2D eigenvalue weighted by atomic mass is 15.2. The lowest BCUT2D eigenvalue weighted by Gasteiger charge is -2.29. The standard InChI is InChI=1S/C14H12N4/c15-7-13-8-16-9-14(17-13)18-6-5-11-3-1-2-4-12(11)10-18/h1-4,8-9H,5-6,10H2. The molecule has 0 aliphatic carbocycles. The number of fused-ring (bicyclic) bond motifs is 1. The molecule has 0 unspecified atom stereocenters. The van der Waals surface area contributed by atoms with Gasteiger partial charge in [0.1, 0.15) is 11.9 Å². The summed E-state index contributed by atoms with van der Waals surface area (Å²) < 4.78 is 0. The molecule has 1 aliphatic rings. The zero-order chi connectivity index (χ0) is 12.4. The topological polar surface area (TPSA) is 52.8 Å². The zero-order valence-electron chi connectivity index (χ0n) is 9.87. The number of nitriles is 1. The van der Waals surface area contributed by atoms with E-state index < -0.39 is 0 Å². The van der Waals surface area contributed by atoms with E-state index >= 15 is 0 Å². The van der Waals surface area contributed by atoms with Crippen LogP contribution in [0.2, 0.25) is 0 Å². The van der Waals surface area contributed by atoms with Gasteiger partial charge in [-0.05, 0) is 17.5 Å². The molecule has 88 valence electrons. The SMILES string of the molecule is N#Cc1cncc(N2CCc3ccccc3C2)n1. The molecule has 2 aromatic rings. The summed E-state index contributed by atoms with van der Waals surface area (Å²) in [5.74, 6) is 0.781. The van der Waals surface area contributed by atoms with Gasteiger partial charge in [0.05, 0.1) is 12.4 Å². The summed E-state index contributed by atoms with van der Waals surface area (Å²) in [5.41, 5.74) is 3.09. The quantitative estimate of drug-likeness (QED) is 0.759. The maximum Gasteiger partial charge on any atom is 0.161 e. The van der Waals surface area contributed by atoms with Gasteiger partial charge in [-0.1, -0.05) is 24.3 Å². The fourth-order valence-electron chi connectivity index (χ4n) is 2.25. The van der Waals surface area contributed by atoms with E-state index in [0.717, 1.165) is 25.3 Å². The highest BCUT2D eigenvalue weighted by Crippen LogP contribution is 2.22. The van der Waals surface area contributed by atoms with E-state index in [4.69, 9.17) is 5.26 Å². The molecule has 18 heavy (non-hydrogen) atoms. The summed E-state index contributed by atoms with van der Waals surface area (Å²) in [6.45, 7) is 1.75. The Bertz CT molecular complexity index is 615. The second-order valence-corrected chi connectivity index (χ2v) is 4.31. The van der Waals surface area contributed by atoms with Crippen molar-refractivity contribution in [3.8, 4) is 6.07 Å². The van der Waals surface area contributed by atoms with Gasteiger partial charge in [-0.15, -0.1) is 0 Å². The summed E-state index contributed by atoms with van der Waals surface area (Å²) in [5, 5.41) is 8.85. The molecule has 0 spiro atoms. The first-order valence-corrected chi connectivity index (χ1v) is 5.91. The molecule has 0 bridgehead atoms. The van der Waals surface area contributed by atoms with Crippen LogP contribution in [0.1, 0.15) is 16.8 Å². The van der Waals surface area contributed by atoms with Gasteiger partial charge in [0, 0.05) is 13.1 Å². The molecule has 0 atom stereocenters. The molecule has 1 aliphatic heterocycles. The molecule has 0 saturated heterocycles. The summed E-state index contributed by atoms with van der Waals surface area (Å²) in [6, 6.07) is 10.5. The first-order valence-electron chi connectivity index (χ1n) is 5.91. The summed E-state index contributed by atoms with van der Waals surface area (Å²) in [7, 11) is 0. The van der Waals surface area contributed by atoms with E-state index in [2.05, 4.69) is 39.1 Å². The van der Waals surface area contributed by atoms with Crippen molar-refractivity contribution >= 4 is 5.82 Å². The van der Waals surface area contributed by atoms with Gasteiger partial charge >= 0.3 is 0 Å². The van der Waals surface area contributed by atoms with E-state index in [-0.39, 0.29) is 0 Å². The molecule has 1 aromatic carbocycles. The van der Waals surface area contributed by atoms with Crippen molar-refractivity contribution in [2.75, 3.05) is 11.4 Å². The fraction of sp³-hybridized carbons (Fsp3) is 0.214. The Kier molecular flexibility index (Phi) is 2.66. The number of benzene rings is 1. The molecule has 4 nitrogen and oxygen atoms in total. The number of aromatic nitrogens is 2. The Morgan fingerprint density at radius 2 is 2.00 bits per heavy atom. The second-order valence-electron chi connectivity index (χ2n) is 4.31. The van der Waals surface area contributed by atoms with E-state index in [9.17, 15) is 0 Å². The van der Waals surface area contributed by atoms with Crippen LogP contribution >= 0.6 is 0 Å². The summed E-state index contributed by atoms with van der Waals surface area (Å²) >= 11 is 0. The van der Waals surface area contributed by atoms with Crippen molar-refractivity contribution < 1.29 is 0 Å². The average Bonchev–Trinajstić information content (AvgIpc) is 2.47. The molecule has 1 aromatic heterocycles. The summed E-state index contributed by atoms with van der Waals surface area (Å²) in [4.78, 5) is 10.5. The first kappa shape index (κ1) is 10.7. The molecular formula is C14H12N4. The van der Waals surface area contributed by atoms with Gasteiger partial charge in [0.25, 0.3) is 0 Å². The van der Waals surface area contributed by atoms with Gasteiger partial charge in [-0.25, -0.2) is 4.98 Å². The monoisotopic (exact) mass is 236 g/mol. The van der Waals surface area contributed by atoms with Gasteiger partial charge < -0.3 is 4.90 Å². The molecule has 0 radical (unpaired) electrons. The lowest BCUT2D eigenvalue weighted by atomic mass is 10.0.